The lowest BCUT2D eigenvalue weighted by Crippen LogP contribution is -1.87. The number of hydrogen-bond acceptors (Lipinski definition) is 4. The molecule has 98 valence electrons. The second-order valence-corrected chi connectivity index (χ2v) is 4.76. The molecular weight excluding hydrogens is 258 g/mol. The second-order valence-electron chi connectivity index (χ2n) is 3.88. The van der Waals surface area contributed by atoms with E-state index in [0.717, 1.165) is 5.69 Å². The number of phenolic OH excluding ortho intramolecular Hbond substituents is 1. The van der Waals surface area contributed by atoms with Crippen LogP contribution in [0.15, 0.2) is 52.4 Å². The fourth-order valence-corrected chi connectivity index (χ4v) is 1.98. The van der Waals surface area contributed by atoms with Crippen molar-refractivity contribution in [3.63, 3.8) is 0 Å². The minimum absolute atomic E-state index is 0.185. The van der Waals surface area contributed by atoms with Crippen LogP contribution in [0.1, 0.15) is 5.56 Å². The van der Waals surface area contributed by atoms with Crippen LogP contribution >= 0.6 is 11.8 Å². The Morgan fingerprint density at radius 2 is 1.89 bits per heavy atom. The molecule has 2 rings (SSSR count). The summed E-state index contributed by atoms with van der Waals surface area (Å²) in [6, 6.07) is 13.0. The van der Waals surface area contributed by atoms with E-state index in [0.29, 0.717) is 11.3 Å². The molecular formula is C15H15NO2S. The number of nitrogens with zero attached hydrogens (tertiary/aromatic N) is 1. The van der Waals surface area contributed by atoms with Crippen molar-refractivity contribution >= 4 is 23.7 Å². The van der Waals surface area contributed by atoms with Gasteiger partial charge in [0.1, 0.15) is 11.5 Å². The third kappa shape index (κ3) is 3.51. The standard InChI is InChI=1S/C15H15NO2S/c1-18-13-5-8-15(17)11(9-13)10-16-12-3-6-14(19-2)7-4-12/h3-10,17H,1-2H3. The minimum atomic E-state index is 0.185. The highest BCUT2D eigenvalue weighted by atomic mass is 32.2. The van der Waals surface area contributed by atoms with E-state index in [1.54, 1.807) is 43.3 Å². The van der Waals surface area contributed by atoms with Crippen LogP contribution in [-0.4, -0.2) is 24.7 Å². The molecule has 0 amide bonds. The normalized spacial score (nSPS) is 10.8. The van der Waals surface area contributed by atoms with Gasteiger partial charge in [-0.2, -0.15) is 0 Å². The summed E-state index contributed by atoms with van der Waals surface area (Å²) < 4.78 is 5.12. The Hall–Kier alpha value is -1.94. The van der Waals surface area contributed by atoms with Crippen LogP contribution in [0.3, 0.4) is 0 Å². The van der Waals surface area contributed by atoms with Gasteiger partial charge in [-0.3, -0.25) is 4.99 Å². The molecule has 0 aliphatic rings. The number of thioether (sulfide) groups is 1. The first-order valence-electron chi connectivity index (χ1n) is 5.78. The van der Waals surface area contributed by atoms with Gasteiger partial charge in [-0.15, -0.1) is 11.8 Å². The van der Waals surface area contributed by atoms with Crippen LogP contribution in [0.4, 0.5) is 5.69 Å². The molecule has 0 aromatic heterocycles. The van der Waals surface area contributed by atoms with E-state index in [9.17, 15) is 5.11 Å². The van der Waals surface area contributed by atoms with Crippen molar-refractivity contribution in [1.82, 2.24) is 0 Å². The molecule has 0 aliphatic heterocycles. The van der Waals surface area contributed by atoms with Crippen molar-refractivity contribution in [2.75, 3.05) is 13.4 Å². The molecule has 0 fully saturated rings. The molecule has 0 unspecified atom stereocenters. The minimum Gasteiger partial charge on any atom is -0.507 e. The molecule has 0 heterocycles. The van der Waals surface area contributed by atoms with Crippen LogP contribution < -0.4 is 4.74 Å². The van der Waals surface area contributed by atoms with Crippen molar-refractivity contribution in [3.8, 4) is 11.5 Å². The van der Waals surface area contributed by atoms with E-state index < -0.39 is 0 Å². The van der Waals surface area contributed by atoms with Crippen molar-refractivity contribution in [3.05, 3.63) is 48.0 Å². The van der Waals surface area contributed by atoms with Crippen molar-refractivity contribution < 1.29 is 9.84 Å². The predicted octanol–water partition coefficient (Wildman–Crippen LogP) is 3.87. The molecule has 3 nitrogen and oxygen atoms in total. The second kappa shape index (κ2) is 6.29. The Morgan fingerprint density at radius 3 is 2.53 bits per heavy atom. The first-order chi connectivity index (χ1) is 9.22. The Morgan fingerprint density at radius 1 is 1.16 bits per heavy atom. The first-order valence-corrected chi connectivity index (χ1v) is 7.00. The first kappa shape index (κ1) is 13.5. The molecule has 4 heteroatoms. The largest absolute Gasteiger partial charge is 0.507 e. The molecule has 0 saturated heterocycles. The molecule has 0 spiro atoms. The van der Waals surface area contributed by atoms with Crippen molar-refractivity contribution in [2.24, 2.45) is 4.99 Å². The fourth-order valence-electron chi connectivity index (χ4n) is 1.58. The van der Waals surface area contributed by atoms with Crippen molar-refractivity contribution in [1.29, 1.82) is 0 Å². The highest BCUT2D eigenvalue weighted by Crippen LogP contribution is 2.23. The molecule has 0 atom stereocenters. The van der Waals surface area contributed by atoms with Crippen LogP contribution in [0.5, 0.6) is 11.5 Å². The summed E-state index contributed by atoms with van der Waals surface area (Å²) >= 11 is 1.69. The number of aliphatic imine (C=N–C) groups is 1. The zero-order valence-corrected chi connectivity index (χ0v) is 11.6. The number of methoxy groups -OCH3 is 1. The van der Waals surface area contributed by atoms with E-state index in [1.165, 1.54) is 4.90 Å². The average Bonchev–Trinajstić information content (AvgIpc) is 2.47. The van der Waals surface area contributed by atoms with Gasteiger partial charge in [-0.05, 0) is 48.7 Å². The monoisotopic (exact) mass is 273 g/mol. The summed E-state index contributed by atoms with van der Waals surface area (Å²) in [6.07, 6.45) is 3.67. The van der Waals surface area contributed by atoms with Gasteiger partial charge in [0.2, 0.25) is 0 Å². The highest BCUT2D eigenvalue weighted by Gasteiger charge is 2.00. The Balaban J connectivity index is 2.21. The van der Waals surface area contributed by atoms with Gasteiger partial charge < -0.3 is 9.84 Å². The SMILES string of the molecule is COc1ccc(O)c(C=Nc2ccc(SC)cc2)c1. The summed E-state index contributed by atoms with van der Waals surface area (Å²) in [5, 5.41) is 9.74. The van der Waals surface area contributed by atoms with Gasteiger partial charge in [-0.25, -0.2) is 0 Å². The zero-order valence-electron chi connectivity index (χ0n) is 10.8. The third-order valence-corrected chi connectivity index (χ3v) is 3.40. The Labute approximate surface area is 117 Å². The van der Waals surface area contributed by atoms with E-state index in [2.05, 4.69) is 4.99 Å². The maximum Gasteiger partial charge on any atom is 0.124 e. The number of aromatic hydroxyl groups is 1. The summed E-state index contributed by atoms with van der Waals surface area (Å²) in [4.78, 5) is 5.54. The summed E-state index contributed by atoms with van der Waals surface area (Å²) in [5.74, 6) is 0.877. The van der Waals surface area contributed by atoms with Crippen LogP contribution in [0.25, 0.3) is 0 Å². The average molecular weight is 273 g/mol. The maximum absolute atomic E-state index is 9.74. The van der Waals surface area contributed by atoms with Gasteiger partial charge in [0.25, 0.3) is 0 Å². The Bertz CT molecular complexity index is 579. The van der Waals surface area contributed by atoms with Gasteiger partial charge in [0.05, 0.1) is 12.8 Å². The lowest BCUT2D eigenvalue weighted by molar-refractivity contribution is 0.412. The summed E-state index contributed by atoms with van der Waals surface area (Å²) in [5.41, 5.74) is 1.48. The molecule has 19 heavy (non-hydrogen) atoms. The summed E-state index contributed by atoms with van der Waals surface area (Å²) in [7, 11) is 1.59. The zero-order chi connectivity index (χ0) is 13.7. The number of phenols is 1. The predicted molar refractivity (Wildman–Crippen MR) is 80.1 cm³/mol. The van der Waals surface area contributed by atoms with Gasteiger partial charge in [0.15, 0.2) is 0 Å². The lowest BCUT2D eigenvalue weighted by Gasteiger charge is -2.03. The van der Waals surface area contributed by atoms with E-state index in [1.807, 2.05) is 30.5 Å². The fraction of sp³-hybridized carbons (Fsp3) is 0.133. The molecule has 1 N–H and O–H groups in total. The number of rotatable bonds is 4. The quantitative estimate of drug-likeness (QED) is 0.679. The maximum atomic E-state index is 9.74. The molecule has 2 aromatic rings. The van der Waals surface area contributed by atoms with Gasteiger partial charge in [-0.1, -0.05) is 0 Å². The topological polar surface area (TPSA) is 41.8 Å². The van der Waals surface area contributed by atoms with E-state index >= 15 is 0 Å². The number of ether oxygens (including phenoxy) is 1. The highest BCUT2D eigenvalue weighted by molar-refractivity contribution is 7.98. The molecule has 0 aliphatic carbocycles. The van der Waals surface area contributed by atoms with Crippen molar-refractivity contribution in [2.45, 2.75) is 4.90 Å². The van der Waals surface area contributed by atoms with E-state index in [-0.39, 0.29) is 5.75 Å². The molecule has 2 aromatic carbocycles. The molecule has 0 bridgehead atoms. The molecule has 0 radical (unpaired) electrons. The number of benzene rings is 2. The van der Waals surface area contributed by atoms with Crippen LogP contribution in [0, 0.1) is 0 Å². The smallest absolute Gasteiger partial charge is 0.124 e. The van der Waals surface area contributed by atoms with E-state index in [4.69, 9.17) is 4.74 Å². The van der Waals surface area contributed by atoms with Crippen LogP contribution in [0.2, 0.25) is 0 Å². The molecule has 0 saturated carbocycles. The van der Waals surface area contributed by atoms with Crippen LogP contribution in [-0.2, 0) is 0 Å². The van der Waals surface area contributed by atoms with Gasteiger partial charge >= 0.3 is 0 Å². The lowest BCUT2D eigenvalue weighted by atomic mass is 10.2. The third-order valence-electron chi connectivity index (χ3n) is 2.66. The summed E-state index contributed by atoms with van der Waals surface area (Å²) in [6.45, 7) is 0. The number of hydrogen-bond donors (Lipinski definition) is 1. The Kier molecular flexibility index (Phi) is 4.47. The van der Waals surface area contributed by atoms with Gasteiger partial charge in [0, 0.05) is 16.7 Å².